The summed E-state index contributed by atoms with van der Waals surface area (Å²) in [6.07, 6.45) is -0.938. The number of hydrogen-bond donors (Lipinski definition) is 3. The minimum atomic E-state index is -2.75. The number of carboxylic acid groups (broad SMARTS) is 2. The Morgan fingerprint density at radius 2 is 1.79 bits per heavy atom. The van der Waals surface area contributed by atoms with E-state index < -0.39 is 24.1 Å². The predicted octanol–water partition coefficient (Wildman–Crippen LogP) is 3.52. The molecule has 0 heterocycles. The fourth-order valence-corrected chi connectivity index (χ4v) is 5.43. The highest BCUT2D eigenvalue weighted by molar-refractivity contribution is 8.11. The normalized spacial score (nSPS) is 16.1. The second-order valence-electron chi connectivity index (χ2n) is 6.17. The number of carbonyl (C=O) groups is 2. The maximum atomic E-state index is 11.2. The first-order valence-corrected chi connectivity index (χ1v) is 11.1. The summed E-state index contributed by atoms with van der Waals surface area (Å²) in [7, 11) is 0. The average molecular weight is 372 g/mol. The highest BCUT2D eigenvalue weighted by Gasteiger charge is 2.26. The summed E-state index contributed by atoms with van der Waals surface area (Å²) in [4.78, 5) is 32.2. The van der Waals surface area contributed by atoms with E-state index in [2.05, 4.69) is 19.1 Å². The first-order chi connectivity index (χ1) is 11.2. The van der Waals surface area contributed by atoms with Gasteiger partial charge in [-0.15, -0.1) is 0 Å². The molecule has 0 radical (unpaired) electrons. The minimum absolute atomic E-state index is 0.00400. The van der Waals surface area contributed by atoms with E-state index in [0.717, 1.165) is 12.8 Å². The number of hydrogen-bond acceptors (Lipinski definition) is 3. The first-order valence-electron chi connectivity index (χ1n) is 8.01. The van der Waals surface area contributed by atoms with Gasteiger partial charge in [0.25, 0.3) is 0 Å². The van der Waals surface area contributed by atoms with Gasteiger partial charge in [0.2, 0.25) is 0 Å². The third-order valence-corrected chi connectivity index (χ3v) is 7.10. The first kappa shape index (κ1) is 20.8. The molecule has 0 saturated heterocycles. The van der Waals surface area contributed by atoms with Gasteiger partial charge in [-0.1, -0.05) is 49.1 Å². The Morgan fingerprint density at radius 3 is 2.33 bits per heavy atom. The SMILES string of the molecule is CC(CCCP(O)(=S)CC(CCC(=O)O)C(=O)O)c1ccccc1. The molecular weight excluding hydrogens is 347 g/mol. The zero-order valence-corrected chi connectivity index (χ0v) is 15.5. The molecule has 0 aromatic heterocycles. The Bertz CT molecular complexity index is 590. The van der Waals surface area contributed by atoms with Crippen LogP contribution in [0.25, 0.3) is 0 Å². The third kappa shape index (κ3) is 8.04. The molecule has 0 aliphatic heterocycles. The second kappa shape index (κ2) is 9.92. The van der Waals surface area contributed by atoms with Crippen molar-refractivity contribution in [1.29, 1.82) is 0 Å². The van der Waals surface area contributed by atoms with Gasteiger partial charge in [-0.05, 0) is 36.9 Å². The van der Waals surface area contributed by atoms with E-state index in [4.69, 9.17) is 16.9 Å². The molecule has 0 saturated carbocycles. The molecule has 3 atom stereocenters. The molecule has 24 heavy (non-hydrogen) atoms. The van der Waals surface area contributed by atoms with E-state index in [0.29, 0.717) is 12.1 Å². The minimum Gasteiger partial charge on any atom is -0.481 e. The Kier molecular flexibility index (Phi) is 8.60. The lowest BCUT2D eigenvalue weighted by molar-refractivity contribution is -0.142. The number of aliphatic carboxylic acids is 2. The fourth-order valence-electron chi connectivity index (χ4n) is 2.62. The smallest absolute Gasteiger partial charge is 0.306 e. The lowest BCUT2D eigenvalue weighted by atomic mass is 9.97. The van der Waals surface area contributed by atoms with Crippen molar-refractivity contribution in [3.63, 3.8) is 0 Å². The van der Waals surface area contributed by atoms with E-state index in [1.807, 2.05) is 18.2 Å². The molecular formula is C17H25O5PS. The second-order valence-corrected chi connectivity index (χ2v) is 10.7. The van der Waals surface area contributed by atoms with Crippen LogP contribution in [0.3, 0.4) is 0 Å². The van der Waals surface area contributed by atoms with Gasteiger partial charge in [-0.3, -0.25) is 9.59 Å². The van der Waals surface area contributed by atoms with Crippen LogP contribution in [0.4, 0.5) is 0 Å². The molecule has 0 aliphatic carbocycles. The number of rotatable bonds is 11. The van der Waals surface area contributed by atoms with Crippen LogP contribution in [0.2, 0.25) is 0 Å². The Labute approximate surface area is 147 Å². The van der Waals surface area contributed by atoms with E-state index in [1.54, 1.807) is 0 Å². The Balaban J connectivity index is 2.48. The van der Waals surface area contributed by atoms with Crippen LogP contribution in [0.15, 0.2) is 30.3 Å². The van der Waals surface area contributed by atoms with Crippen molar-refractivity contribution < 1.29 is 24.7 Å². The Morgan fingerprint density at radius 1 is 1.17 bits per heavy atom. The summed E-state index contributed by atoms with van der Waals surface area (Å²) in [5.74, 6) is -2.66. The molecule has 1 aromatic rings. The van der Waals surface area contributed by atoms with Crippen LogP contribution in [0.1, 0.15) is 44.1 Å². The summed E-state index contributed by atoms with van der Waals surface area (Å²) in [6, 6.07) is 10.1. The maximum absolute atomic E-state index is 11.2. The summed E-state index contributed by atoms with van der Waals surface area (Å²) in [6.45, 7) is 2.11. The molecule has 5 nitrogen and oxygen atoms in total. The summed E-state index contributed by atoms with van der Waals surface area (Å²) >= 11 is 5.24. The molecule has 3 unspecified atom stereocenters. The monoisotopic (exact) mass is 372 g/mol. The van der Waals surface area contributed by atoms with Crippen molar-refractivity contribution >= 4 is 30.0 Å². The molecule has 0 amide bonds. The van der Waals surface area contributed by atoms with Crippen LogP contribution in [0, 0.1) is 5.92 Å². The lowest BCUT2D eigenvalue weighted by Gasteiger charge is -2.20. The predicted molar refractivity (Wildman–Crippen MR) is 98.3 cm³/mol. The van der Waals surface area contributed by atoms with Crippen LogP contribution in [0.5, 0.6) is 0 Å². The third-order valence-electron chi connectivity index (χ3n) is 4.07. The summed E-state index contributed by atoms with van der Waals surface area (Å²) in [5.41, 5.74) is 1.23. The van der Waals surface area contributed by atoms with Crippen molar-refractivity contribution in [1.82, 2.24) is 0 Å². The average Bonchev–Trinajstić information content (AvgIpc) is 2.51. The molecule has 1 aromatic carbocycles. The van der Waals surface area contributed by atoms with Gasteiger partial charge in [0, 0.05) is 12.6 Å². The number of benzene rings is 1. The standard InChI is InChI=1S/C17H25O5PS/c1-13(14-7-3-2-4-8-14)6-5-11-23(22,24)12-15(17(20)21)9-10-16(18)19/h2-4,7-8,13,15H,5-6,9-12H2,1H3,(H,18,19)(H,20,21)(H,22,24). The Hall–Kier alpha value is -1.23. The molecule has 0 fully saturated rings. The molecule has 0 spiro atoms. The van der Waals surface area contributed by atoms with Crippen LogP contribution in [-0.4, -0.2) is 39.4 Å². The molecule has 7 heteroatoms. The highest BCUT2D eigenvalue weighted by atomic mass is 32.4. The fraction of sp³-hybridized carbons (Fsp3) is 0.529. The van der Waals surface area contributed by atoms with Gasteiger partial charge in [-0.2, -0.15) is 0 Å². The van der Waals surface area contributed by atoms with E-state index >= 15 is 0 Å². The van der Waals surface area contributed by atoms with Crippen LogP contribution >= 0.6 is 6.26 Å². The van der Waals surface area contributed by atoms with Gasteiger partial charge in [0.05, 0.1) is 12.2 Å². The topological polar surface area (TPSA) is 94.8 Å². The van der Waals surface area contributed by atoms with E-state index in [9.17, 15) is 19.6 Å². The van der Waals surface area contributed by atoms with Crippen molar-refractivity contribution in [3.8, 4) is 0 Å². The summed E-state index contributed by atoms with van der Waals surface area (Å²) < 4.78 is 0. The van der Waals surface area contributed by atoms with Crippen molar-refractivity contribution in [3.05, 3.63) is 35.9 Å². The highest BCUT2D eigenvalue weighted by Crippen LogP contribution is 2.45. The quantitative estimate of drug-likeness (QED) is 0.515. The van der Waals surface area contributed by atoms with Crippen molar-refractivity contribution in [2.24, 2.45) is 5.92 Å². The zero-order valence-electron chi connectivity index (χ0n) is 13.8. The number of carboxylic acids is 2. The summed E-state index contributed by atoms with van der Waals surface area (Å²) in [5, 5.41) is 17.9. The zero-order chi connectivity index (χ0) is 18.2. The molecule has 134 valence electrons. The van der Waals surface area contributed by atoms with Crippen molar-refractivity contribution in [2.75, 3.05) is 12.3 Å². The molecule has 3 N–H and O–H groups in total. The molecule has 0 bridgehead atoms. The molecule has 0 aliphatic rings. The molecule has 1 rings (SSSR count). The van der Waals surface area contributed by atoms with Crippen LogP contribution in [-0.2, 0) is 21.4 Å². The maximum Gasteiger partial charge on any atom is 0.306 e. The van der Waals surface area contributed by atoms with Gasteiger partial charge in [0.15, 0.2) is 0 Å². The van der Waals surface area contributed by atoms with Gasteiger partial charge in [-0.25, -0.2) is 0 Å². The van der Waals surface area contributed by atoms with Gasteiger partial charge in [0.1, 0.15) is 0 Å². The lowest BCUT2D eigenvalue weighted by Crippen LogP contribution is -2.20. The van der Waals surface area contributed by atoms with Crippen LogP contribution < -0.4 is 0 Å². The van der Waals surface area contributed by atoms with Gasteiger partial charge >= 0.3 is 11.9 Å². The largest absolute Gasteiger partial charge is 0.481 e. The van der Waals surface area contributed by atoms with Crippen molar-refractivity contribution in [2.45, 2.75) is 38.5 Å². The van der Waals surface area contributed by atoms with Gasteiger partial charge < -0.3 is 15.1 Å². The van der Waals surface area contributed by atoms with E-state index in [1.165, 1.54) is 5.56 Å². The van der Waals surface area contributed by atoms with E-state index in [-0.39, 0.29) is 19.0 Å².